The first-order valence-corrected chi connectivity index (χ1v) is 6.32. The lowest BCUT2D eigenvalue weighted by molar-refractivity contribution is 0.0697. The number of rotatable bonds is 4. The van der Waals surface area contributed by atoms with E-state index in [2.05, 4.69) is 11.9 Å². The molecular weight excluding hydrogens is 250 g/mol. The Labute approximate surface area is 110 Å². The highest BCUT2D eigenvalue weighted by Gasteiger charge is 2.08. The van der Waals surface area contributed by atoms with Crippen molar-refractivity contribution in [2.24, 2.45) is 0 Å². The average Bonchev–Trinajstić information content (AvgIpc) is 2.35. The van der Waals surface area contributed by atoms with Crippen molar-refractivity contribution in [1.29, 1.82) is 0 Å². The zero-order valence-electron chi connectivity index (χ0n) is 10.1. The normalized spacial score (nSPS) is 10.8. The first kappa shape index (κ1) is 12.8. The van der Waals surface area contributed by atoms with Crippen LogP contribution in [0.1, 0.15) is 35.7 Å². The highest BCUT2D eigenvalue weighted by atomic mass is 35.5. The molecule has 1 aromatic heterocycles. The number of unbranched alkanes of at least 4 members (excludes halogenated alkanes) is 1. The molecule has 3 nitrogen and oxygen atoms in total. The minimum Gasteiger partial charge on any atom is -0.478 e. The fourth-order valence-electron chi connectivity index (χ4n) is 1.87. The molecule has 0 aliphatic heterocycles. The zero-order chi connectivity index (χ0) is 13.1. The Balaban J connectivity index is 2.49. The summed E-state index contributed by atoms with van der Waals surface area (Å²) in [4.78, 5) is 15.2. The molecule has 0 saturated heterocycles. The number of aryl methyl sites for hydroxylation is 1. The first-order chi connectivity index (χ1) is 8.61. The molecule has 1 heterocycles. The molecule has 94 valence electrons. The van der Waals surface area contributed by atoms with Gasteiger partial charge in [-0.15, -0.1) is 0 Å². The van der Waals surface area contributed by atoms with Crippen LogP contribution in [0.2, 0.25) is 5.15 Å². The number of hydrogen-bond acceptors (Lipinski definition) is 2. The number of hydrogen-bond donors (Lipinski definition) is 1. The Morgan fingerprint density at radius 2 is 2.17 bits per heavy atom. The summed E-state index contributed by atoms with van der Waals surface area (Å²) in [6.45, 7) is 2.12. The van der Waals surface area contributed by atoms with Crippen molar-refractivity contribution in [2.45, 2.75) is 26.2 Å². The predicted octanol–water partition coefficient (Wildman–Crippen LogP) is 3.93. The molecule has 0 radical (unpaired) electrons. The van der Waals surface area contributed by atoms with Crippen molar-refractivity contribution in [1.82, 2.24) is 4.98 Å². The third-order valence-corrected chi connectivity index (χ3v) is 3.21. The SMILES string of the molecule is CCCCc1cc2cc(C(=O)O)ccc2nc1Cl. The summed E-state index contributed by atoms with van der Waals surface area (Å²) in [5.41, 5.74) is 1.98. The fraction of sp³-hybridized carbons (Fsp3) is 0.286. The number of halogens is 1. The topological polar surface area (TPSA) is 50.2 Å². The second kappa shape index (κ2) is 5.36. The van der Waals surface area contributed by atoms with Crippen LogP contribution < -0.4 is 0 Å². The van der Waals surface area contributed by atoms with Crippen molar-refractivity contribution in [2.75, 3.05) is 0 Å². The number of fused-ring (bicyclic) bond motifs is 1. The Morgan fingerprint density at radius 3 is 2.83 bits per heavy atom. The maximum atomic E-state index is 10.9. The maximum absolute atomic E-state index is 10.9. The average molecular weight is 264 g/mol. The fourth-order valence-corrected chi connectivity index (χ4v) is 2.11. The van der Waals surface area contributed by atoms with Crippen LogP contribution in [0.4, 0.5) is 0 Å². The van der Waals surface area contributed by atoms with Gasteiger partial charge in [-0.1, -0.05) is 24.9 Å². The van der Waals surface area contributed by atoms with Gasteiger partial charge >= 0.3 is 5.97 Å². The van der Waals surface area contributed by atoms with E-state index < -0.39 is 5.97 Å². The summed E-state index contributed by atoms with van der Waals surface area (Å²) in [6.07, 6.45) is 3.00. The molecule has 0 spiro atoms. The number of aromatic nitrogens is 1. The van der Waals surface area contributed by atoms with Gasteiger partial charge in [0.25, 0.3) is 0 Å². The van der Waals surface area contributed by atoms with E-state index in [4.69, 9.17) is 16.7 Å². The number of carbonyl (C=O) groups is 1. The summed E-state index contributed by atoms with van der Waals surface area (Å²) in [7, 11) is 0. The molecule has 1 N–H and O–H groups in total. The Kier molecular flexibility index (Phi) is 3.82. The molecular formula is C14H14ClNO2. The number of pyridine rings is 1. The van der Waals surface area contributed by atoms with E-state index in [0.29, 0.717) is 5.15 Å². The van der Waals surface area contributed by atoms with Gasteiger partial charge in [0, 0.05) is 5.39 Å². The van der Waals surface area contributed by atoms with Crippen molar-refractivity contribution < 1.29 is 9.90 Å². The summed E-state index contributed by atoms with van der Waals surface area (Å²) in [5, 5.41) is 10.3. The number of aromatic carboxylic acids is 1. The smallest absolute Gasteiger partial charge is 0.335 e. The maximum Gasteiger partial charge on any atom is 0.335 e. The highest BCUT2D eigenvalue weighted by molar-refractivity contribution is 6.30. The van der Waals surface area contributed by atoms with Gasteiger partial charge in [0.1, 0.15) is 5.15 Å². The van der Waals surface area contributed by atoms with Gasteiger partial charge in [-0.05, 0) is 42.7 Å². The van der Waals surface area contributed by atoms with Crippen molar-refractivity contribution in [3.63, 3.8) is 0 Å². The Morgan fingerprint density at radius 1 is 1.39 bits per heavy atom. The zero-order valence-corrected chi connectivity index (χ0v) is 10.9. The van der Waals surface area contributed by atoms with E-state index >= 15 is 0 Å². The molecule has 2 rings (SSSR count). The van der Waals surface area contributed by atoms with Gasteiger partial charge in [0.05, 0.1) is 11.1 Å². The minimum absolute atomic E-state index is 0.271. The van der Waals surface area contributed by atoms with Crippen molar-refractivity contribution in [3.8, 4) is 0 Å². The lowest BCUT2D eigenvalue weighted by Crippen LogP contribution is -1.97. The van der Waals surface area contributed by atoms with Crippen LogP contribution >= 0.6 is 11.6 Å². The molecule has 0 unspecified atom stereocenters. The molecule has 0 amide bonds. The van der Waals surface area contributed by atoms with E-state index in [1.54, 1.807) is 18.2 Å². The standard InChI is InChI=1S/C14H14ClNO2/c1-2-3-4-9-7-11-8-10(14(17)18)5-6-12(11)16-13(9)15/h5-8H,2-4H2,1H3,(H,17,18). The van der Waals surface area contributed by atoms with Gasteiger partial charge in [-0.25, -0.2) is 9.78 Å². The summed E-state index contributed by atoms with van der Waals surface area (Å²) in [6, 6.07) is 6.80. The van der Waals surface area contributed by atoms with E-state index in [0.717, 1.165) is 35.7 Å². The molecule has 0 aliphatic rings. The summed E-state index contributed by atoms with van der Waals surface area (Å²) < 4.78 is 0. The lowest BCUT2D eigenvalue weighted by atomic mass is 10.1. The minimum atomic E-state index is -0.929. The number of benzene rings is 1. The second-order valence-corrected chi connectivity index (χ2v) is 4.61. The van der Waals surface area contributed by atoms with E-state index in [-0.39, 0.29) is 5.56 Å². The highest BCUT2D eigenvalue weighted by Crippen LogP contribution is 2.23. The van der Waals surface area contributed by atoms with Crippen LogP contribution in [-0.4, -0.2) is 16.1 Å². The molecule has 0 atom stereocenters. The number of carboxylic acids is 1. The van der Waals surface area contributed by atoms with Gasteiger partial charge in [0.15, 0.2) is 0 Å². The third kappa shape index (κ3) is 2.62. The van der Waals surface area contributed by atoms with Crippen LogP contribution in [0.15, 0.2) is 24.3 Å². The van der Waals surface area contributed by atoms with Gasteiger partial charge in [0.2, 0.25) is 0 Å². The third-order valence-electron chi connectivity index (χ3n) is 2.89. The van der Waals surface area contributed by atoms with E-state index in [9.17, 15) is 4.79 Å². The van der Waals surface area contributed by atoms with Crippen LogP contribution in [0, 0.1) is 0 Å². The summed E-state index contributed by atoms with van der Waals surface area (Å²) >= 11 is 6.11. The first-order valence-electron chi connectivity index (χ1n) is 5.94. The molecule has 18 heavy (non-hydrogen) atoms. The molecule has 4 heteroatoms. The molecule has 0 bridgehead atoms. The van der Waals surface area contributed by atoms with E-state index in [1.165, 1.54) is 0 Å². The largest absolute Gasteiger partial charge is 0.478 e. The van der Waals surface area contributed by atoms with Crippen LogP contribution in [0.25, 0.3) is 10.9 Å². The molecule has 2 aromatic rings. The van der Waals surface area contributed by atoms with Gasteiger partial charge in [-0.3, -0.25) is 0 Å². The monoisotopic (exact) mass is 263 g/mol. The lowest BCUT2D eigenvalue weighted by Gasteiger charge is -2.06. The van der Waals surface area contributed by atoms with E-state index in [1.807, 2.05) is 6.07 Å². The molecule has 1 aromatic carbocycles. The molecule has 0 fully saturated rings. The van der Waals surface area contributed by atoms with Crippen LogP contribution in [-0.2, 0) is 6.42 Å². The van der Waals surface area contributed by atoms with Crippen LogP contribution in [0.3, 0.4) is 0 Å². The number of carboxylic acid groups (broad SMARTS) is 1. The Bertz CT molecular complexity index is 596. The van der Waals surface area contributed by atoms with Gasteiger partial charge < -0.3 is 5.11 Å². The molecule has 0 aliphatic carbocycles. The Hall–Kier alpha value is -1.61. The van der Waals surface area contributed by atoms with Crippen molar-refractivity contribution in [3.05, 3.63) is 40.5 Å². The summed E-state index contributed by atoms with van der Waals surface area (Å²) in [5.74, 6) is -0.929. The quantitative estimate of drug-likeness (QED) is 0.851. The van der Waals surface area contributed by atoms with Gasteiger partial charge in [-0.2, -0.15) is 0 Å². The molecule has 0 saturated carbocycles. The van der Waals surface area contributed by atoms with Crippen LogP contribution in [0.5, 0.6) is 0 Å². The number of nitrogens with zero attached hydrogens (tertiary/aromatic N) is 1. The predicted molar refractivity (Wildman–Crippen MR) is 72.3 cm³/mol. The second-order valence-electron chi connectivity index (χ2n) is 4.25. The van der Waals surface area contributed by atoms with Crippen molar-refractivity contribution >= 4 is 28.5 Å².